The molecule has 0 aliphatic carbocycles. The second kappa shape index (κ2) is 69.9. The van der Waals surface area contributed by atoms with Crippen LogP contribution in [0.3, 0.4) is 0 Å². The Balaban J connectivity index is 4.33. The maximum absolute atomic E-state index is 13.0. The maximum atomic E-state index is 13.0. The predicted molar refractivity (Wildman–Crippen MR) is 353 cm³/mol. The first-order valence-corrected chi connectivity index (χ1v) is 36.1. The normalized spacial score (nSPS) is 12.3. The Labute approximate surface area is 505 Å². The van der Waals surface area contributed by atoms with Gasteiger partial charge in [-0.25, -0.2) is 0 Å². The van der Waals surface area contributed by atoms with Crippen LogP contribution in [0.4, 0.5) is 0 Å². The van der Waals surface area contributed by atoms with Crippen LogP contribution in [0.2, 0.25) is 0 Å². The minimum Gasteiger partial charge on any atom is -0.462 e. The minimum atomic E-state index is -0.782. The highest BCUT2D eigenvalue weighted by molar-refractivity contribution is 5.71. The fraction of sp³-hybridized carbons (Fsp3) is 0.853. The fourth-order valence-electron chi connectivity index (χ4n) is 10.9. The Bertz CT molecular complexity index is 1400. The Morgan fingerprint density at radius 3 is 0.704 bits per heavy atom. The van der Waals surface area contributed by atoms with Gasteiger partial charge in [0.1, 0.15) is 13.2 Å². The maximum Gasteiger partial charge on any atom is 0.306 e. The molecule has 0 amide bonds. The zero-order valence-electron chi connectivity index (χ0n) is 54.6. The molecule has 0 aromatic carbocycles. The molecule has 0 rings (SSSR count). The van der Waals surface area contributed by atoms with E-state index in [4.69, 9.17) is 14.2 Å². The van der Waals surface area contributed by atoms with Gasteiger partial charge >= 0.3 is 17.9 Å². The molecule has 0 aliphatic rings. The highest BCUT2D eigenvalue weighted by atomic mass is 16.6. The monoisotopic (exact) mass is 1140 g/mol. The van der Waals surface area contributed by atoms with E-state index in [0.717, 1.165) is 77.0 Å². The Morgan fingerprint density at radius 2 is 0.444 bits per heavy atom. The number of esters is 3. The summed E-state index contributed by atoms with van der Waals surface area (Å²) in [5.74, 6) is -0.865. The van der Waals surface area contributed by atoms with E-state index >= 15 is 0 Å². The average molecular weight is 1140 g/mol. The van der Waals surface area contributed by atoms with E-state index in [1.165, 1.54) is 276 Å². The van der Waals surface area contributed by atoms with Crippen LogP contribution in [-0.2, 0) is 28.6 Å². The van der Waals surface area contributed by atoms with Gasteiger partial charge in [-0.3, -0.25) is 14.4 Å². The number of carbonyl (C=O) groups excluding carboxylic acids is 3. The number of ether oxygens (including phenoxy) is 3. The molecule has 0 radical (unpaired) electrons. The lowest BCUT2D eigenvalue weighted by molar-refractivity contribution is -0.167. The molecule has 1 atom stereocenters. The van der Waals surface area contributed by atoms with Gasteiger partial charge in [0.15, 0.2) is 6.10 Å². The first kappa shape index (κ1) is 78.4. The summed E-state index contributed by atoms with van der Waals surface area (Å²) in [6, 6.07) is 0. The molecule has 0 aliphatic heterocycles. The van der Waals surface area contributed by atoms with Crippen molar-refractivity contribution in [2.75, 3.05) is 13.2 Å². The Hall–Kier alpha value is -2.63. The topological polar surface area (TPSA) is 78.9 Å². The molecular weight excluding hydrogens is 997 g/mol. The molecule has 0 saturated carbocycles. The van der Waals surface area contributed by atoms with E-state index in [2.05, 4.69) is 69.4 Å². The van der Waals surface area contributed by atoms with E-state index in [9.17, 15) is 14.4 Å². The van der Waals surface area contributed by atoms with Crippen LogP contribution in [0.25, 0.3) is 0 Å². The summed E-state index contributed by atoms with van der Waals surface area (Å²) in [5, 5.41) is 0. The zero-order chi connectivity index (χ0) is 58.5. The van der Waals surface area contributed by atoms with Crippen LogP contribution in [-0.4, -0.2) is 37.2 Å². The van der Waals surface area contributed by atoms with Crippen LogP contribution >= 0.6 is 0 Å². The smallest absolute Gasteiger partial charge is 0.306 e. The van der Waals surface area contributed by atoms with Gasteiger partial charge in [0.05, 0.1) is 0 Å². The summed E-state index contributed by atoms with van der Waals surface area (Å²) in [7, 11) is 0. The van der Waals surface area contributed by atoms with E-state index in [1.54, 1.807) is 0 Å². The highest BCUT2D eigenvalue weighted by Gasteiger charge is 2.19. The van der Waals surface area contributed by atoms with E-state index < -0.39 is 6.10 Å². The van der Waals surface area contributed by atoms with Gasteiger partial charge in [0.2, 0.25) is 0 Å². The fourth-order valence-corrected chi connectivity index (χ4v) is 10.9. The zero-order valence-corrected chi connectivity index (χ0v) is 54.6. The third-order valence-corrected chi connectivity index (χ3v) is 16.3. The van der Waals surface area contributed by atoms with Gasteiger partial charge in [-0.2, -0.15) is 0 Å². The SMILES string of the molecule is CCCCCCC/C=C\C/C=C\C/C=C\CCCCCCCCC(=O)OC(COC(=O)CCCCCCCCC/C=C\CCCCCCCCC)COC(=O)CCCCCCCCCCCCCCCCCCCCCCCCCC. The number of rotatable bonds is 67. The minimum absolute atomic E-state index is 0.0758. The van der Waals surface area contributed by atoms with Crippen LogP contribution in [0.5, 0.6) is 0 Å². The molecule has 474 valence electrons. The molecule has 6 heteroatoms. The lowest BCUT2D eigenvalue weighted by Gasteiger charge is -2.18. The summed E-state index contributed by atoms with van der Waals surface area (Å²) in [6.45, 7) is 6.69. The van der Waals surface area contributed by atoms with Gasteiger partial charge in [0, 0.05) is 19.3 Å². The predicted octanol–water partition coefficient (Wildman–Crippen LogP) is 24.9. The number of hydrogen-bond donors (Lipinski definition) is 0. The van der Waals surface area contributed by atoms with E-state index in [1.807, 2.05) is 0 Å². The Kier molecular flexibility index (Phi) is 67.6. The van der Waals surface area contributed by atoms with Crippen molar-refractivity contribution in [3.8, 4) is 0 Å². The number of carbonyl (C=O) groups is 3. The van der Waals surface area contributed by atoms with Gasteiger partial charge in [-0.1, -0.05) is 339 Å². The summed E-state index contributed by atoms with van der Waals surface area (Å²) < 4.78 is 17.0. The molecule has 0 saturated heterocycles. The van der Waals surface area contributed by atoms with Crippen LogP contribution in [0.15, 0.2) is 48.6 Å². The van der Waals surface area contributed by atoms with Crippen molar-refractivity contribution >= 4 is 17.9 Å². The molecule has 0 bridgehead atoms. The molecule has 81 heavy (non-hydrogen) atoms. The van der Waals surface area contributed by atoms with E-state index in [0.29, 0.717) is 19.3 Å². The molecule has 0 spiro atoms. The third-order valence-electron chi connectivity index (χ3n) is 16.3. The van der Waals surface area contributed by atoms with Crippen molar-refractivity contribution in [1.82, 2.24) is 0 Å². The summed E-state index contributed by atoms with van der Waals surface area (Å²) >= 11 is 0. The first-order valence-electron chi connectivity index (χ1n) is 36.1. The molecule has 0 N–H and O–H groups in total. The summed E-state index contributed by atoms with van der Waals surface area (Å²) in [5.41, 5.74) is 0. The molecule has 0 heterocycles. The van der Waals surface area contributed by atoms with Crippen molar-refractivity contribution in [3.63, 3.8) is 0 Å². The van der Waals surface area contributed by atoms with Gasteiger partial charge < -0.3 is 14.2 Å². The lowest BCUT2D eigenvalue weighted by Crippen LogP contribution is -2.30. The molecule has 0 aromatic rings. The van der Waals surface area contributed by atoms with Crippen LogP contribution in [0, 0.1) is 0 Å². The van der Waals surface area contributed by atoms with Gasteiger partial charge in [0.25, 0.3) is 0 Å². The van der Waals surface area contributed by atoms with Crippen molar-refractivity contribution in [2.24, 2.45) is 0 Å². The lowest BCUT2D eigenvalue weighted by atomic mass is 10.0. The summed E-state index contributed by atoms with van der Waals surface area (Å²) in [6.07, 6.45) is 88.5. The van der Waals surface area contributed by atoms with Crippen molar-refractivity contribution in [1.29, 1.82) is 0 Å². The summed E-state index contributed by atoms with van der Waals surface area (Å²) in [4.78, 5) is 38.5. The van der Waals surface area contributed by atoms with E-state index in [-0.39, 0.29) is 31.1 Å². The van der Waals surface area contributed by atoms with Gasteiger partial charge in [-0.05, 0) is 83.5 Å². The third kappa shape index (κ3) is 68.0. The second-order valence-electron chi connectivity index (χ2n) is 24.5. The van der Waals surface area contributed by atoms with Crippen molar-refractivity contribution in [2.45, 2.75) is 399 Å². The molecule has 1 unspecified atom stereocenters. The number of allylic oxidation sites excluding steroid dienone is 8. The van der Waals surface area contributed by atoms with Gasteiger partial charge in [-0.15, -0.1) is 0 Å². The van der Waals surface area contributed by atoms with Crippen molar-refractivity contribution in [3.05, 3.63) is 48.6 Å². The quantitative estimate of drug-likeness (QED) is 0.0261. The standard InChI is InChI=1S/C75H138O6/c1-4-7-10-13-16-19-22-25-28-31-34-36-37-38-40-41-44-47-50-53-56-59-62-65-68-74(77)80-71-72(70-79-73(76)67-64-61-58-55-52-49-46-43-33-30-27-24-21-18-15-12-9-6-3)81-75(78)69-66-63-60-57-54-51-48-45-42-39-35-32-29-26-23-20-17-14-11-8-5-2/h23,26,30,32-33,35,42,45,72H,4-22,24-25,27-29,31,34,36-41,43-44,46-71H2,1-3H3/b26-23-,33-30-,35-32-,45-42-. The first-order chi connectivity index (χ1) is 40.0. The Morgan fingerprint density at radius 1 is 0.247 bits per heavy atom. The molecular formula is C75H138O6. The molecule has 0 fully saturated rings. The van der Waals surface area contributed by atoms with Crippen LogP contribution in [0.1, 0.15) is 393 Å². The highest BCUT2D eigenvalue weighted by Crippen LogP contribution is 2.18. The molecule has 0 aromatic heterocycles. The number of hydrogen-bond acceptors (Lipinski definition) is 6. The second-order valence-corrected chi connectivity index (χ2v) is 24.5. The molecule has 6 nitrogen and oxygen atoms in total. The number of unbranched alkanes of at least 4 members (excludes halogenated alkanes) is 48. The van der Waals surface area contributed by atoms with Crippen LogP contribution < -0.4 is 0 Å². The van der Waals surface area contributed by atoms with Crippen molar-refractivity contribution < 1.29 is 28.6 Å². The largest absolute Gasteiger partial charge is 0.462 e. The average Bonchev–Trinajstić information content (AvgIpc) is 3.47.